The second kappa shape index (κ2) is 7.05. The molecule has 118 valence electrons. The SMILES string of the molecule is O=C(CSc1c[nH]c2cc(Cl)ccc12)Nc1ccc(Cl)c(Cl)c1. The number of rotatable bonds is 4. The summed E-state index contributed by atoms with van der Waals surface area (Å²) in [6.45, 7) is 0. The van der Waals surface area contributed by atoms with Crippen molar-refractivity contribution in [1.29, 1.82) is 0 Å². The molecule has 2 N–H and O–H groups in total. The van der Waals surface area contributed by atoms with Crippen LogP contribution in [0.4, 0.5) is 5.69 Å². The Labute approximate surface area is 152 Å². The van der Waals surface area contributed by atoms with E-state index in [1.54, 1.807) is 18.2 Å². The highest BCUT2D eigenvalue weighted by molar-refractivity contribution is 8.00. The third-order valence-corrected chi connectivity index (χ3v) is 5.20. The zero-order valence-electron chi connectivity index (χ0n) is 11.7. The van der Waals surface area contributed by atoms with Crippen molar-refractivity contribution in [2.24, 2.45) is 0 Å². The molecule has 1 heterocycles. The molecule has 1 aromatic heterocycles. The monoisotopic (exact) mass is 384 g/mol. The molecule has 0 aliphatic heterocycles. The Kier molecular flexibility index (Phi) is 5.07. The lowest BCUT2D eigenvalue weighted by Crippen LogP contribution is -2.13. The van der Waals surface area contributed by atoms with E-state index in [4.69, 9.17) is 34.8 Å². The normalized spacial score (nSPS) is 10.9. The van der Waals surface area contributed by atoms with Crippen molar-refractivity contribution >= 4 is 69.1 Å². The Morgan fingerprint density at radius 2 is 1.91 bits per heavy atom. The Bertz CT molecular complexity index is 879. The quantitative estimate of drug-likeness (QED) is 0.552. The number of hydrogen-bond donors (Lipinski definition) is 2. The van der Waals surface area contributed by atoms with Crippen molar-refractivity contribution in [3.63, 3.8) is 0 Å². The smallest absolute Gasteiger partial charge is 0.234 e. The second-order valence-electron chi connectivity index (χ2n) is 4.81. The molecule has 7 heteroatoms. The fourth-order valence-electron chi connectivity index (χ4n) is 2.11. The van der Waals surface area contributed by atoms with Gasteiger partial charge in [-0.3, -0.25) is 4.79 Å². The maximum Gasteiger partial charge on any atom is 0.234 e. The zero-order valence-corrected chi connectivity index (χ0v) is 14.8. The van der Waals surface area contributed by atoms with Gasteiger partial charge in [-0.1, -0.05) is 40.9 Å². The van der Waals surface area contributed by atoms with Crippen LogP contribution < -0.4 is 5.32 Å². The predicted octanol–water partition coefficient (Wildman–Crippen LogP) is 5.86. The fraction of sp³-hybridized carbons (Fsp3) is 0.0625. The Balaban J connectivity index is 1.65. The molecule has 3 nitrogen and oxygen atoms in total. The molecule has 0 unspecified atom stereocenters. The van der Waals surface area contributed by atoms with Gasteiger partial charge in [-0.25, -0.2) is 0 Å². The van der Waals surface area contributed by atoms with Crippen molar-refractivity contribution in [2.75, 3.05) is 11.1 Å². The third kappa shape index (κ3) is 3.96. The van der Waals surface area contributed by atoms with Crippen LogP contribution in [0, 0.1) is 0 Å². The van der Waals surface area contributed by atoms with E-state index in [0.717, 1.165) is 15.8 Å². The van der Waals surface area contributed by atoms with Gasteiger partial charge < -0.3 is 10.3 Å². The highest BCUT2D eigenvalue weighted by atomic mass is 35.5. The van der Waals surface area contributed by atoms with E-state index in [1.165, 1.54) is 11.8 Å². The summed E-state index contributed by atoms with van der Waals surface area (Å²) in [6, 6.07) is 10.6. The molecule has 0 saturated carbocycles. The fourth-order valence-corrected chi connectivity index (χ4v) is 3.41. The molecule has 0 radical (unpaired) electrons. The number of anilines is 1. The summed E-state index contributed by atoms with van der Waals surface area (Å²) < 4.78 is 0. The first kappa shape index (κ1) is 16.5. The number of benzene rings is 2. The van der Waals surface area contributed by atoms with Gasteiger partial charge in [0.1, 0.15) is 0 Å². The number of thioether (sulfide) groups is 1. The Morgan fingerprint density at radius 3 is 2.70 bits per heavy atom. The van der Waals surface area contributed by atoms with Crippen molar-refractivity contribution in [3.05, 3.63) is 57.7 Å². The van der Waals surface area contributed by atoms with E-state index in [2.05, 4.69) is 10.3 Å². The van der Waals surface area contributed by atoms with E-state index >= 15 is 0 Å². The zero-order chi connectivity index (χ0) is 16.4. The first-order chi connectivity index (χ1) is 11.0. The predicted molar refractivity (Wildman–Crippen MR) is 99.1 cm³/mol. The van der Waals surface area contributed by atoms with Crippen LogP contribution in [0.5, 0.6) is 0 Å². The summed E-state index contributed by atoms with van der Waals surface area (Å²) in [4.78, 5) is 16.2. The molecular weight excluding hydrogens is 375 g/mol. The number of aromatic amines is 1. The maximum absolute atomic E-state index is 12.1. The van der Waals surface area contributed by atoms with Gasteiger partial charge >= 0.3 is 0 Å². The van der Waals surface area contributed by atoms with Crippen LogP contribution in [-0.2, 0) is 4.79 Å². The van der Waals surface area contributed by atoms with E-state index in [1.807, 2.05) is 24.4 Å². The molecule has 3 aromatic rings. The number of H-pyrrole nitrogens is 1. The number of halogens is 3. The third-order valence-electron chi connectivity index (χ3n) is 3.17. The highest BCUT2D eigenvalue weighted by Gasteiger charge is 2.09. The molecule has 0 aliphatic carbocycles. The van der Waals surface area contributed by atoms with E-state index in [-0.39, 0.29) is 11.7 Å². The molecule has 0 saturated heterocycles. The standard InChI is InChI=1S/C16H11Cl3N2OS/c17-9-1-3-11-14(5-9)20-7-15(11)23-8-16(22)21-10-2-4-12(18)13(19)6-10/h1-7,20H,8H2,(H,21,22). The van der Waals surface area contributed by atoms with Crippen LogP contribution in [-0.4, -0.2) is 16.6 Å². The first-order valence-electron chi connectivity index (χ1n) is 6.67. The van der Waals surface area contributed by atoms with E-state index < -0.39 is 0 Å². The summed E-state index contributed by atoms with van der Waals surface area (Å²) in [5, 5.41) is 5.38. The van der Waals surface area contributed by atoms with Gasteiger partial charge in [-0.2, -0.15) is 0 Å². The molecule has 2 aromatic carbocycles. The molecule has 0 atom stereocenters. The minimum absolute atomic E-state index is 0.114. The van der Waals surface area contributed by atoms with Crippen molar-refractivity contribution in [1.82, 2.24) is 4.98 Å². The maximum atomic E-state index is 12.1. The number of hydrogen-bond acceptors (Lipinski definition) is 2. The lowest BCUT2D eigenvalue weighted by Gasteiger charge is -2.06. The highest BCUT2D eigenvalue weighted by Crippen LogP contribution is 2.30. The summed E-state index contributed by atoms with van der Waals surface area (Å²) in [5.41, 5.74) is 1.57. The van der Waals surface area contributed by atoms with Gasteiger partial charge in [-0.05, 0) is 30.3 Å². The molecule has 23 heavy (non-hydrogen) atoms. The van der Waals surface area contributed by atoms with Crippen LogP contribution in [0.25, 0.3) is 10.9 Å². The van der Waals surface area contributed by atoms with Gasteiger partial charge in [0, 0.05) is 32.7 Å². The number of nitrogens with one attached hydrogen (secondary N) is 2. The molecule has 0 aliphatic rings. The van der Waals surface area contributed by atoms with Gasteiger partial charge in [0.15, 0.2) is 0 Å². The lowest BCUT2D eigenvalue weighted by atomic mass is 10.2. The molecule has 0 fully saturated rings. The van der Waals surface area contributed by atoms with Gasteiger partial charge in [0.2, 0.25) is 5.91 Å². The van der Waals surface area contributed by atoms with Crippen LogP contribution in [0.1, 0.15) is 0 Å². The minimum Gasteiger partial charge on any atom is -0.360 e. The van der Waals surface area contributed by atoms with E-state index in [9.17, 15) is 4.79 Å². The van der Waals surface area contributed by atoms with Crippen LogP contribution in [0.15, 0.2) is 47.5 Å². The van der Waals surface area contributed by atoms with Crippen molar-refractivity contribution < 1.29 is 4.79 Å². The summed E-state index contributed by atoms with van der Waals surface area (Å²) in [5.74, 6) is 0.173. The molecule has 0 spiro atoms. The van der Waals surface area contributed by atoms with Crippen LogP contribution in [0.2, 0.25) is 15.1 Å². The van der Waals surface area contributed by atoms with Crippen molar-refractivity contribution in [3.8, 4) is 0 Å². The number of amides is 1. The average Bonchev–Trinajstić information content (AvgIpc) is 2.91. The number of fused-ring (bicyclic) bond motifs is 1. The van der Waals surface area contributed by atoms with Crippen molar-refractivity contribution in [2.45, 2.75) is 4.90 Å². The van der Waals surface area contributed by atoms with Crippen LogP contribution >= 0.6 is 46.6 Å². The largest absolute Gasteiger partial charge is 0.360 e. The van der Waals surface area contributed by atoms with Gasteiger partial charge in [-0.15, -0.1) is 11.8 Å². The number of carbonyl (C=O) groups excluding carboxylic acids is 1. The van der Waals surface area contributed by atoms with Crippen LogP contribution in [0.3, 0.4) is 0 Å². The summed E-state index contributed by atoms with van der Waals surface area (Å²) in [7, 11) is 0. The number of carbonyl (C=O) groups is 1. The average molecular weight is 386 g/mol. The minimum atomic E-state index is -0.114. The number of aromatic nitrogens is 1. The van der Waals surface area contributed by atoms with E-state index in [0.29, 0.717) is 20.8 Å². The topological polar surface area (TPSA) is 44.9 Å². The Hall–Kier alpha value is -1.33. The lowest BCUT2D eigenvalue weighted by molar-refractivity contribution is -0.113. The second-order valence-corrected chi connectivity index (χ2v) is 7.08. The summed E-state index contributed by atoms with van der Waals surface area (Å²) >= 11 is 19.2. The van der Waals surface area contributed by atoms with Gasteiger partial charge in [0.05, 0.1) is 15.8 Å². The first-order valence-corrected chi connectivity index (χ1v) is 8.79. The molecule has 3 rings (SSSR count). The molecular formula is C16H11Cl3N2OS. The summed E-state index contributed by atoms with van der Waals surface area (Å²) in [6.07, 6.45) is 1.87. The van der Waals surface area contributed by atoms with Gasteiger partial charge in [0.25, 0.3) is 0 Å². The Morgan fingerprint density at radius 1 is 1.09 bits per heavy atom. The molecule has 1 amide bonds. The molecule has 0 bridgehead atoms.